The minimum absolute atomic E-state index is 0.00870. The van der Waals surface area contributed by atoms with Gasteiger partial charge < -0.3 is 15.4 Å². The monoisotopic (exact) mass is 419 g/mol. The van der Waals surface area contributed by atoms with Crippen molar-refractivity contribution >= 4 is 17.9 Å². The van der Waals surface area contributed by atoms with Gasteiger partial charge in [0.2, 0.25) is 5.91 Å². The second-order valence-electron chi connectivity index (χ2n) is 7.75. The number of ether oxygens (including phenoxy) is 1. The van der Waals surface area contributed by atoms with Crippen LogP contribution in [0.5, 0.6) is 0 Å². The van der Waals surface area contributed by atoms with E-state index < -0.39 is 18.0 Å². The lowest BCUT2D eigenvalue weighted by Gasteiger charge is -2.32. The number of carbonyl (C=O) groups is 3. The highest BCUT2D eigenvalue weighted by Gasteiger charge is 2.42. The second-order valence-corrected chi connectivity index (χ2v) is 7.75. The van der Waals surface area contributed by atoms with Crippen LogP contribution in [-0.4, -0.2) is 42.5 Å². The summed E-state index contributed by atoms with van der Waals surface area (Å²) in [6.45, 7) is 2.31. The number of urea groups is 1. The van der Waals surface area contributed by atoms with Crippen molar-refractivity contribution in [2.24, 2.45) is 0 Å². The van der Waals surface area contributed by atoms with E-state index in [2.05, 4.69) is 22.8 Å². The number of nitrogens with zero attached hydrogens (tertiary/aromatic N) is 1. The Bertz CT molecular complexity index is 1010. The predicted molar refractivity (Wildman–Crippen MR) is 115 cm³/mol. The minimum Gasteiger partial charge on any atom is -0.456 e. The fourth-order valence-electron chi connectivity index (χ4n) is 3.85. The topological polar surface area (TPSA) is 87.7 Å². The molecule has 1 atom stereocenters. The Morgan fingerprint density at radius 2 is 1.87 bits per heavy atom. The van der Waals surface area contributed by atoms with Crippen molar-refractivity contribution in [2.75, 3.05) is 19.7 Å². The largest absolute Gasteiger partial charge is 0.456 e. The zero-order valence-corrected chi connectivity index (χ0v) is 17.4. The molecule has 0 aromatic heterocycles. The molecule has 0 bridgehead atoms. The molecule has 2 aromatic rings. The van der Waals surface area contributed by atoms with Gasteiger partial charge in [0.15, 0.2) is 0 Å². The van der Waals surface area contributed by atoms with Gasteiger partial charge in [0.05, 0.1) is 17.3 Å². The molecule has 0 spiro atoms. The van der Waals surface area contributed by atoms with E-state index in [-0.39, 0.29) is 19.1 Å². The molecule has 3 amide bonds. The van der Waals surface area contributed by atoms with Gasteiger partial charge in [-0.25, -0.2) is 9.59 Å². The molecule has 160 valence electrons. The summed E-state index contributed by atoms with van der Waals surface area (Å²) in [4.78, 5) is 38.9. The predicted octanol–water partition coefficient (Wildman–Crippen LogP) is 2.62. The fraction of sp³-hybridized carbons (Fsp3) is 0.292. The van der Waals surface area contributed by atoms with E-state index in [1.165, 1.54) is 10.5 Å². The highest BCUT2D eigenvalue weighted by molar-refractivity contribution is 5.98. The molecule has 2 aliphatic rings. The zero-order valence-electron chi connectivity index (χ0n) is 17.4. The summed E-state index contributed by atoms with van der Waals surface area (Å²) in [6.07, 6.45) is 1.66. The standard InChI is InChI=1S/C24H25N3O4/c1-16-9-11-18(12-10-16)22-21-19(15-31-23(21)29)27(24(30)26-22)14-20(28)25-13-5-8-17-6-3-2-4-7-17/h2-4,6-7,9-12,22H,5,8,13-15H2,1H3,(H,25,28)(H,26,30)/t22-/m1/s1. The molecule has 0 unspecified atom stereocenters. The molecule has 7 heteroatoms. The number of hydrogen-bond acceptors (Lipinski definition) is 4. The normalized spacial score (nSPS) is 17.8. The first kappa shape index (κ1) is 20.7. The summed E-state index contributed by atoms with van der Waals surface area (Å²) in [5.41, 5.74) is 3.94. The molecule has 31 heavy (non-hydrogen) atoms. The Morgan fingerprint density at radius 1 is 1.13 bits per heavy atom. The smallest absolute Gasteiger partial charge is 0.338 e. The quantitative estimate of drug-likeness (QED) is 0.534. The number of hydrogen-bond donors (Lipinski definition) is 2. The minimum atomic E-state index is -0.580. The van der Waals surface area contributed by atoms with Crippen molar-refractivity contribution in [1.82, 2.24) is 15.5 Å². The van der Waals surface area contributed by atoms with Crippen LogP contribution in [0.1, 0.15) is 29.2 Å². The van der Waals surface area contributed by atoms with Crippen LogP contribution in [0, 0.1) is 6.92 Å². The zero-order chi connectivity index (χ0) is 21.8. The Morgan fingerprint density at radius 3 is 2.61 bits per heavy atom. The maximum Gasteiger partial charge on any atom is 0.338 e. The molecule has 7 nitrogen and oxygen atoms in total. The lowest BCUT2D eigenvalue weighted by atomic mass is 9.95. The fourth-order valence-corrected chi connectivity index (χ4v) is 3.85. The molecular weight excluding hydrogens is 394 g/mol. The molecule has 0 fully saturated rings. The average molecular weight is 419 g/mol. The molecule has 0 aliphatic carbocycles. The maximum atomic E-state index is 12.8. The third kappa shape index (κ3) is 4.60. The van der Waals surface area contributed by atoms with Gasteiger partial charge in [-0.05, 0) is 30.9 Å². The lowest BCUT2D eigenvalue weighted by Crippen LogP contribution is -2.50. The number of benzene rings is 2. The van der Waals surface area contributed by atoms with Crippen molar-refractivity contribution in [3.05, 3.63) is 82.6 Å². The second kappa shape index (κ2) is 9.04. The molecule has 0 saturated carbocycles. The van der Waals surface area contributed by atoms with E-state index in [9.17, 15) is 14.4 Å². The molecule has 2 aliphatic heterocycles. The summed E-state index contributed by atoms with van der Waals surface area (Å²) in [5.74, 6) is -0.739. The number of esters is 1. The molecule has 0 saturated heterocycles. The van der Waals surface area contributed by atoms with Crippen LogP contribution in [0.3, 0.4) is 0 Å². The first-order chi connectivity index (χ1) is 15.0. The van der Waals surface area contributed by atoms with Crippen LogP contribution >= 0.6 is 0 Å². The van der Waals surface area contributed by atoms with Crippen molar-refractivity contribution in [2.45, 2.75) is 25.8 Å². The summed E-state index contributed by atoms with van der Waals surface area (Å²) in [5, 5.41) is 5.70. The molecule has 2 heterocycles. The van der Waals surface area contributed by atoms with Crippen molar-refractivity contribution < 1.29 is 19.1 Å². The van der Waals surface area contributed by atoms with Crippen LogP contribution in [0.15, 0.2) is 65.9 Å². The lowest BCUT2D eigenvalue weighted by molar-refractivity contribution is -0.136. The van der Waals surface area contributed by atoms with Gasteiger partial charge >= 0.3 is 12.0 Å². The van der Waals surface area contributed by atoms with Crippen LogP contribution < -0.4 is 10.6 Å². The number of aryl methyl sites for hydroxylation is 2. The Kier molecular flexibility index (Phi) is 6.02. The van der Waals surface area contributed by atoms with Gasteiger partial charge in [-0.15, -0.1) is 0 Å². The van der Waals surface area contributed by atoms with E-state index in [0.717, 1.165) is 24.0 Å². The highest BCUT2D eigenvalue weighted by Crippen LogP contribution is 2.34. The highest BCUT2D eigenvalue weighted by atomic mass is 16.5. The Balaban J connectivity index is 1.40. The number of cyclic esters (lactones) is 1. The molecular formula is C24H25N3O4. The van der Waals surface area contributed by atoms with Crippen LogP contribution in [-0.2, 0) is 20.7 Å². The van der Waals surface area contributed by atoms with Crippen molar-refractivity contribution in [3.63, 3.8) is 0 Å². The molecule has 0 radical (unpaired) electrons. The molecule has 4 rings (SSSR count). The summed E-state index contributed by atoms with van der Waals surface area (Å²) in [7, 11) is 0. The number of amides is 3. The van der Waals surface area contributed by atoms with Crippen LogP contribution in [0.4, 0.5) is 4.79 Å². The number of nitrogens with one attached hydrogen (secondary N) is 2. The first-order valence-corrected chi connectivity index (χ1v) is 10.4. The van der Waals surface area contributed by atoms with Crippen LogP contribution in [0.25, 0.3) is 0 Å². The van der Waals surface area contributed by atoms with Gasteiger partial charge in [0, 0.05) is 6.54 Å². The van der Waals surface area contributed by atoms with E-state index in [4.69, 9.17) is 4.74 Å². The van der Waals surface area contributed by atoms with Crippen LogP contribution in [0.2, 0.25) is 0 Å². The first-order valence-electron chi connectivity index (χ1n) is 10.4. The SMILES string of the molecule is Cc1ccc([C@H]2NC(=O)N(CC(=O)NCCCc3ccccc3)C3=C2C(=O)OC3)cc1. The van der Waals surface area contributed by atoms with E-state index in [0.29, 0.717) is 17.8 Å². The van der Waals surface area contributed by atoms with Gasteiger partial charge in [0.25, 0.3) is 0 Å². The van der Waals surface area contributed by atoms with Gasteiger partial charge in [-0.1, -0.05) is 60.2 Å². The van der Waals surface area contributed by atoms with Crippen molar-refractivity contribution in [1.29, 1.82) is 0 Å². The number of carbonyl (C=O) groups excluding carboxylic acids is 3. The number of rotatable bonds is 7. The van der Waals surface area contributed by atoms with E-state index in [1.807, 2.05) is 49.4 Å². The molecule has 2 aromatic carbocycles. The Hall–Kier alpha value is -3.61. The Labute approximate surface area is 181 Å². The van der Waals surface area contributed by atoms with Gasteiger partial charge in [0.1, 0.15) is 13.2 Å². The summed E-state index contributed by atoms with van der Waals surface area (Å²) >= 11 is 0. The van der Waals surface area contributed by atoms with E-state index in [1.54, 1.807) is 0 Å². The van der Waals surface area contributed by atoms with Gasteiger partial charge in [-0.3, -0.25) is 9.69 Å². The average Bonchev–Trinajstić information content (AvgIpc) is 3.16. The third-order valence-electron chi connectivity index (χ3n) is 5.52. The third-order valence-corrected chi connectivity index (χ3v) is 5.52. The van der Waals surface area contributed by atoms with Gasteiger partial charge in [-0.2, -0.15) is 0 Å². The molecule has 2 N–H and O–H groups in total. The van der Waals surface area contributed by atoms with Crippen molar-refractivity contribution in [3.8, 4) is 0 Å². The van der Waals surface area contributed by atoms with E-state index >= 15 is 0 Å². The summed E-state index contributed by atoms with van der Waals surface area (Å²) < 4.78 is 5.20. The summed E-state index contributed by atoms with van der Waals surface area (Å²) in [6, 6.07) is 16.7. The maximum absolute atomic E-state index is 12.8.